The molecule has 33 atom stereocenters. The molecule has 12 bridgehead atoms. The molecular weight excluding hydrogens is 1220 g/mol. The van der Waals surface area contributed by atoms with E-state index in [1.807, 2.05) is 6.92 Å². The average Bonchev–Trinajstić information content (AvgIpc) is 0.674. The zero-order chi connectivity index (χ0) is 66.9. The summed E-state index contributed by atoms with van der Waals surface area (Å²) in [4.78, 5) is 43.1. The number of ether oxygens (including phenoxy) is 12. The van der Waals surface area contributed by atoms with Crippen LogP contribution in [0.2, 0.25) is 0 Å². The smallest absolute Gasteiger partial charge is 0.315 e. The summed E-state index contributed by atoms with van der Waals surface area (Å²) in [7, 11) is 0. The van der Waals surface area contributed by atoms with Crippen molar-refractivity contribution < 1.29 is 143 Å². The van der Waals surface area contributed by atoms with E-state index < -0.39 is 244 Å². The first-order valence-electron chi connectivity index (χ1n) is 32.6. The van der Waals surface area contributed by atoms with Gasteiger partial charge in [0, 0.05) is 5.41 Å². The van der Waals surface area contributed by atoms with Crippen LogP contribution in [0.4, 0.5) is 0 Å². The Labute approximate surface area is 533 Å². The van der Waals surface area contributed by atoms with Gasteiger partial charge < -0.3 is 128 Å². The van der Waals surface area contributed by atoms with Crippen LogP contribution in [0, 0.1) is 50.2 Å². The highest BCUT2D eigenvalue weighted by Crippen LogP contribution is 2.76. The number of allylic oxidation sites excluding steroid dienone is 2. The van der Waals surface area contributed by atoms with Crippen LogP contribution in [0.5, 0.6) is 0 Å². The first-order valence-corrected chi connectivity index (χ1v) is 32.6. The number of aliphatic hydroxyl groups excluding tert-OH is 13. The number of esters is 3. The molecule has 0 amide bonds. The van der Waals surface area contributed by atoms with Crippen molar-refractivity contribution >= 4 is 17.9 Å². The van der Waals surface area contributed by atoms with Crippen LogP contribution in [0.3, 0.4) is 0 Å². The lowest BCUT2D eigenvalue weighted by molar-refractivity contribution is -0.377. The summed E-state index contributed by atoms with van der Waals surface area (Å²) in [5.41, 5.74) is -5.49. The van der Waals surface area contributed by atoms with Gasteiger partial charge in [0.2, 0.25) is 6.29 Å². The Bertz CT molecular complexity index is 2700. The fourth-order valence-electron chi connectivity index (χ4n) is 18.5. The topological polar surface area (TPSA) is 445 Å². The Hall–Kier alpha value is -2.77. The Balaban J connectivity index is 0.951. The largest absolute Gasteiger partial charge is 0.457 e. The third-order valence-corrected chi connectivity index (χ3v) is 24.0. The first-order chi connectivity index (χ1) is 43.1. The van der Waals surface area contributed by atoms with Crippen LogP contribution in [-0.2, 0) is 71.2 Å². The molecule has 8 saturated heterocycles. The summed E-state index contributed by atoms with van der Waals surface area (Å²) >= 11 is 0. The fraction of sp³-hybridized carbons (Fsp3) is 0.921. The van der Waals surface area contributed by atoms with Crippen molar-refractivity contribution in [2.45, 2.75) is 279 Å². The monoisotopic (exact) mass is 1320 g/mol. The molecule has 1 spiro atoms. The molecule has 29 nitrogen and oxygen atoms in total. The van der Waals surface area contributed by atoms with Crippen LogP contribution in [0.25, 0.3) is 0 Å². The molecule has 17 rings (SSSR count). The van der Waals surface area contributed by atoms with Gasteiger partial charge in [0.15, 0.2) is 43.5 Å². The van der Waals surface area contributed by atoms with E-state index in [1.54, 1.807) is 0 Å². The van der Waals surface area contributed by atoms with E-state index in [0.29, 0.717) is 51.4 Å². The lowest BCUT2D eigenvalue weighted by Crippen LogP contribution is -2.70. The lowest BCUT2D eigenvalue weighted by Gasteiger charge is -2.72. The molecule has 29 heteroatoms. The van der Waals surface area contributed by atoms with E-state index in [2.05, 4.69) is 40.7 Å². The van der Waals surface area contributed by atoms with E-state index in [1.165, 1.54) is 6.92 Å². The van der Waals surface area contributed by atoms with E-state index in [-0.39, 0.29) is 29.6 Å². The summed E-state index contributed by atoms with van der Waals surface area (Å²) in [6, 6.07) is 0. The minimum absolute atomic E-state index is 0.109. The van der Waals surface area contributed by atoms with Crippen molar-refractivity contribution in [1.82, 2.24) is 0 Å². The van der Waals surface area contributed by atoms with E-state index in [0.717, 1.165) is 12.5 Å². The van der Waals surface area contributed by atoms with Gasteiger partial charge in [-0.15, -0.1) is 0 Å². The fourth-order valence-corrected chi connectivity index (χ4v) is 18.5. The van der Waals surface area contributed by atoms with Crippen molar-refractivity contribution in [3.8, 4) is 0 Å². The van der Waals surface area contributed by atoms with Gasteiger partial charge in [0.05, 0.1) is 75.2 Å². The van der Waals surface area contributed by atoms with Crippen molar-refractivity contribution in [2.75, 3.05) is 33.0 Å². The Morgan fingerprint density at radius 1 is 0.565 bits per heavy atom. The molecule has 14 N–H and O–H groups in total. The predicted octanol–water partition coefficient (Wildman–Crippen LogP) is -2.68. The average molecular weight is 1320 g/mol. The number of aliphatic hydroxyl groups is 14. The molecule has 12 heterocycles. The third kappa shape index (κ3) is 12.1. The van der Waals surface area contributed by atoms with Gasteiger partial charge in [-0.2, -0.15) is 0 Å². The van der Waals surface area contributed by atoms with E-state index >= 15 is 4.79 Å². The second-order valence-corrected chi connectivity index (χ2v) is 30.5. The maximum atomic E-state index is 15.6. The Morgan fingerprint density at radius 2 is 1.21 bits per heavy atom. The van der Waals surface area contributed by atoms with Gasteiger partial charge in [-0.05, 0) is 111 Å². The van der Waals surface area contributed by atoms with Gasteiger partial charge in [0.25, 0.3) is 0 Å². The van der Waals surface area contributed by atoms with Gasteiger partial charge in [0.1, 0.15) is 79.4 Å². The summed E-state index contributed by atoms with van der Waals surface area (Å²) < 4.78 is 72.3. The molecule has 12 fully saturated rings. The first kappa shape index (κ1) is 70.5. The molecule has 4 saturated carbocycles. The summed E-state index contributed by atoms with van der Waals surface area (Å²) in [6.07, 6.45) is -36.9. The van der Waals surface area contributed by atoms with Crippen LogP contribution < -0.4 is 0 Å². The minimum Gasteiger partial charge on any atom is -0.457 e. The zero-order valence-corrected chi connectivity index (χ0v) is 53.4. The quantitative estimate of drug-likeness (QED) is 0.0590. The van der Waals surface area contributed by atoms with Crippen LogP contribution in [0.1, 0.15) is 126 Å². The second-order valence-electron chi connectivity index (χ2n) is 30.5. The lowest BCUT2D eigenvalue weighted by atomic mass is 9.33. The molecule has 5 aliphatic carbocycles. The molecule has 0 radical (unpaired) electrons. The van der Waals surface area contributed by atoms with Crippen LogP contribution in [0.15, 0.2) is 11.6 Å². The number of carbonyl (C=O) groups excluding carboxylic acids is 3. The highest BCUT2D eigenvalue weighted by molar-refractivity contribution is 5.79. The van der Waals surface area contributed by atoms with Crippen molar-refractivity contribution in [3.63, 3.8) is 0 Å². The summed E-state index contributed by atoms with van der Waals surface area (Å²) in [5.74, 6) is -3.90. The van der Waals surface area contributed by atoms with Crippen LogP contribution >= 0.6 is 0 Å². The number of carbonyl (C=O) groups is 3. The van der Waals surface area contributed by atoms with Crippen LogP contribution in [-0.4, -0.2) is 275 Å². The molecule has 1 unspecified atom stereocenters. The highest BCUT2D eigenvalue weighted by Gasteiger charge is 2.72. The van der Waals surface area contributed by atoms with E-state index in [4.69, 9.17) is 56.8 Å². The van der Waals surface area contributed by atoms with Gasteiger partial charge in [-0.1, -0.05) is 53.2 Å². The van der Waals surface area contributed by atoms with Gasteiger partial charge in [-0.3, -0.25) is 14.4 Å². The number of hydrogen-bond acceptors (Lipinski definition) is 29. The normalized spacial score (nSPS) is 54.4. The van der Waals surface area contributed by atoms with E-state index in [9.17, 15) is 81.1 Å². The maximum absolute atomic E-state index is 15.6. The summed E-state index contributed by atoms with van der Waals surface area (Å²) in [6.45, 7) is 12.2. The molecule has 0 aromatic rings. The molecule has 0 aromatic carbocycles. The predicted molar refractivity (Wildman–Crippen MR) is 306 cm³/mol. The minimum atomic E-state index is -2.29. The van der Waals surface area contributed by atoms with Crippen molar-refractivity contribution in [1.29, 1.82) is 0 Å². The zero-order valence-electron chi connectivity index (χ0n) is 53.4. The van der Waals surface area contributed by atoms with Gasteiger partial charge >= 0.3 is 17.9 Å². The third-order valence-electron chi connectivity index (χ3n) is 24.0. The highest BCUT2D eigenvalue weighted by atomic mass is 16.8. The van der Waals surface area contributed by atoms with Gasteiger partial charge in [-0.25, -0.2) is 0 Å². The molecular formula is C63H98O29. The standard InChI is InChI=1S/C63H98O29/c1-26-46-47(88-51-43(76)38(71)30(67)22-81-51)45(78)53(84-26)90-48-39(72)31(68)23-82-54(48)92-56(79)63-15-13-57(2,3)17-28(63)27-9-10-35-59(5)18-29(66)50(60(6,25-65)34(59)11-12-62(35,8)61(27,7)14-16-63)91-55-49(42(75)40(73)32(21-64)86-55)89-52-44(77)41(74)33(24-83-52)85-36(69)19-58(4,80)20-37(70)87-46/h9,26,28-35,38-55,64-68,71-78,80H,10-25H2,1-8H3/t26-,28-,29-,30+,31+,32+,33+,34+,35+,38-,39-,40+,41-,42-,43+,44+,45+,46-,47-,48+,49+,50-,51-,52+,53-,54-,55-,58-,59-,60?,61+,62+,63-/m0/s1. The molecule has 524 valence electrons. The number of hydrogen-bond donors (Lipinski definition) is 14. The maximum Gasteiger partial charge on any atom is 0.315 e. The molecule has 92 heavy (non-hydrogen) atoms. The SMILES string of the molecule is C[C@@H]1O[C@H]2O[C@H]3[C@@H](OC[C@@H](O)[C@@H]3O)OC(=O)[C@]34CCC(C)(C)C[C@H]3C3=CC[C@@H]5[C@@]6(C)C[C@H](O)[C@H](O[C@@H]7O[C@H](CO)[C@@H](O)[C@H](O)[C@H]7O[C@H]7OC[C@@H](OC(=O)C[C@](C)(O)CC(=O)O[C@@H]1[C@@H](O[C@@H]1OC[C@@H](O)[C@H](O)[C@H]1O)[C@H]2O)[C@H](O)[C@H]7O)C(C)(CO)[C@@H]6CC[C@@]5(C)[C@]3(C)CC4. The van der Waals surface area contributed by atoms with Crippen molar-refractivity contribution in [2.24, 2.45) is 50.2 Å². The molecule has 12 aliphatic heterocycles. The molecule has 0 aromatic heterocycles. The second kappa shape index (κ2) is 25.8. The Kier molecular flexibility index (Phi) is 19.8. The number of rotatable bonds is 4. The molecule has 17 aliphatic rings. The van der Waals surface area contributed by atoms with Crippen molar-refractivity contribution in [3.05, 3.63) is 11.6 Å². The Morgan fingerprint density at radius 3 is 1.90 bits per heavy atom. The summed E-state index contributed by atoms with van der Waals surface area (Å²) in [5, 5.41) is 159.